The summed E-state index contributed by atoms with van der Waals surface area (Å²) in [5, 5.41) is 18.9. The molecule has 0 fully saturated rings. The minimum absolute atomic E-state index is 0.265. The molecule has 1 heterocycles. The molecule has 0 atom stereocenters. The Bertz CT molecular complexity index is 887. The maximum absolute atomic E-state index is 9.23. The molecule has 0 aliphatic carbocycles. The molecule has 0 aliphatic heterocycles. The van der Waals surface area contributed by atoms with Crippen LogP contribution >= 0.6 is 0 Å². The molecule has 3 rings (SSSR count). The number of benzene rings is 2. The number of nitrogens with zero attached hydrogens (tertiary/aromatic N) is 3. The van der Waals surface area contributed by atoms with E-state index in [1.165, 1.54) is 0 Å². The number of pyridine rings is 1. The van der Waals surface area contributed by atoms with Crippen molar-refractivity contribution in [3.05, 3.63) is 65.7 Å². The Hall–Kier alpha value is -3.37. The third kappa shape index (κ3) is 2.51. The summed E-state index contributed by atoms with van der Waals surface area (Å²) in [5.41, 5.74) is 1.69. The zero-order valence-corrected chi connectivity index (χ0v) is 10.9. The van der Waals surface area contributed by atoms with E-state index < -0.39 is 0 Å². The first-order valence-electron chi connectivity index (χ1n) is 6.28. The van der Waals surface area contributed by atoms with Gasteiger partial charge in [0, 0.05) is 5.39 Å². The summed E-state index contributed by atoms with van der Waals surface area (Å²) in [4.78, 5) is 4.37. The second kappa shape index (κ2) is 5.32. The fourth-order valence-corrected chi connectivity index (χ4v) is 1.97. The molecule has 0 saturated heterocycles. The lowest BCUT2D eigenvalue weighted by atomic mass is 10.1. The number of rotatable bonds is 2. The van der Waals surface area contributed by atoms with Crippen LogP contribution in [0.2, 0.25) is 0 Å². The maximum atomic E-state index is 9.23. The van der Waals surface area contributed by atoms with Gasteiger partial charge in [-0.05, 0) is 36.4 Å². The third-order valence-corrected chi connectivity index (χ3v) is 3.01. The van der Waals surface area contributed by atoms with Crippen LogP contribution in [0, 0.1) is 22.7 Å². The van der Waals surface area contributed by atoms with Gasteiger partial charge in [0.25, 0.3) is 0 Å². The van der Waals surface area contributed by atoms with Crippen molar-refractivity contribution in [2.45, 2.75) is 0 Å². The van der Waals surface area contributed by atoms with Gasteiger partial charge in [-0.25, -0.2) is 4.98 Å². The highest BCUT2D eigenvalue weighted by atomic mass is 16.5. The highest BCUT2D eigenvalue weighted by Crippen LogP contribution is 2.26. The minimum Gasteiger partial charge on any atom is -0.438 e. The number of hydrogen-bond donors (Lipinski definition) is 0. The molecular weight excluding hydrogens is 262 g/mol. The summed E-state index contributed by atoms with van der Waals surface area (Å²) >= 11 is 0. The van der Waals surface area contributed by atoms with E-state index in [2.05, 4.69) is 11.1 Å². The standard InChI is InChI=1S/C17H9N3O/c18-10-12-5-7-15(8-6-12)21-17-14(11-19)9-13-3-1-2-4-16(13)20-17/h1-9H. The van der Waals surface area contributed by atoms with Gasteiger partial charge in [-0.1, -0.05) is 18.2 Å². The normalized spacial score (nSPS) is 9.81. The van der Waals surface area contributed by atoms with Crippen LogP contribution in [-0.2, 0) is 0 Å². The SMILES string of the molecule is N#Cc1ccc(Oc2nc3ccccc3cc2C#N)cc1. The summed E-state index contributed by atoms with van der Waals surface area (Å²) in [7, 11) is 0. The quantitative estimate of drug-likeness (QED) is 0.711. The van der Waals surface area contributed by atoms with Gasteiger partial charge in [0.1, 0.15) is 17.4 Å². The van der Waals surface area contributed by atoms with Crippen molar-refractivity contribution in [2.75, 3.05) is 0 Å². The monoisotopic (exact) mass is 271 g/mol. The van der Waals surface area contributed by atoms with E-state index in [-0.39, 0.29) is 5.88 Å². The Morgan fingerprint density at radius 3 is 2.38 bits per heavy atom. The summed E-state index contributed by atoms with van der Waals surface area (Å²) in [6.07, 6.45) is 0. The van der Waals surface area contributed by atoms with Gasteiger partial charge in [0.15, 0.2) is 0 Å². The first-order chi connectivity index (χ1) is 10.3. The molecule has 4 heteroatoms. The van der Waals surface area contributed by atoms with E-state index in [0.29, 0.717) is 16.9 Å². The zero-order chi connectivity index (χ0) is 14.7. The number of nitriles is 2. The summed E-state index contributed by atoms with van der Waals surface area (Å²) < 4.78 is 5.66. The lowest BCUT2D eigenvalue weighted by Crippen LogP contribution is -1.93. The molecule has 3 aromatic rings. The van der Waals surface area contributed by atoms with E-state index >= 15 is 0 Å². The van der Waals surface area contributed by atoms with Crippen LogP contribution in [0.1, 0.15) is 11.1 Å². The van der Waals surface area contributed by atoms with E-state index in [1.807, 2.05) is 30.3 Å². The van der Waals surface area contributed by atoms with Crippen molar-refractivity contribution in [3.63, 3.8) is 0 Å². The van der Waals surface area contributed by atoms with Crippen LogP contribution in [0.4, 0.5) is 0 Å². The molecule has 0 amide bonds. The van der Waals surface area contributed by atoms with Crippen molar-refractivity contribution in [1.82, 2.24) is 4.98 Å². The maximum Gasteiger partial charge on any atom is 0.237 e. The van der Waals surface area contributed by atoms with Crippen molar-refractivity contribution in [3.8, 4) is 23.8 Å². The van der Waals surface area contributed by atoms with E-state index in [9.17, 15) is 5.26 Å². The van der Waals surface area contributed by atoms with Crippen LogP contribution in [0.25, 0.3) is 10.9 Å². The topological polar surface area (TPSA) is 69.7 Å². The van der Waals surface area contributed by atoms with Crippen molar-refractivity contribution in [2.24, 2.45) is 0 Å². The highest BCUT2D eigenvalue weighted by Gasteiger charge is 2.09. The molecule has 21 heavy (non-hydrogen) atoms. The molecule has 2 aromatic carbocycles. The Kier molecular flexibility index (Phi) is 3.21. The summed E-state index contributed by atoms with van der Waals surface area (Å²) in [6, 6.07) is 20.1. The van der Waals surface area contributed by atoms with Gasteiger partial charge in [0.2, 0.25) is 5.88 Å². The first kappa shape index (κ1) is 12.7. The number of fused-ring (bicyclic) bond motifs is 1. The number of aromatic nitrogens is 1. The third-order valence-electron chi connectivity index (χ3n) is 3.01. The van der Waals surface area contributed by atoms with Crippen molar-refractivity contribution >= 4 is 10.9 Å². The van der Waals surface area contributed by atoms with Crippen molar-refractivity contribution in [1.29, 1.82) is 10.5 Å². The van der Waals surface area contributed by atoms with Gasteiger partial charge in [-0.15, -0.1) is 0 Å². The predicted molar refractivity (Wildman–Crippen MR) is 77.7 cm³/mol. The molecular formula is C17H9N3O. The van der Waals surface area contributed by atoms with Crippen LogP contribution in [0.5, 0.6) is 11.6 Å². The molecule has 1 aromatic heterocycles. The molecule has 0 unspecified atom stereocenters. The van der Waals surface area contributed by atoms with E-state index in [1.54, 1.807) is 30.3 Å². The van der Waals surface area contributed by atoms with Gasteiger partial charge in [0.05, 0.1) is 17.1 Å². The minimum atomic E-state index is 0.265. The van der Waals surface area contributed by atoms with E-state index in [0.717, 1.165) is 10.9 Å². The second-order valence-corrected chi connectivity index (χ2v) is 4.38. The Morgan fingerprint density at radius 1 is 0.905 bits per heavy atom. The summed E-state index contributed by atoms with van der Waals surface area (Å²) in [6.45, 7) is 0. The smallest absolute Gasteiger partial charge is 0.237 e. The van der Waals surface area contributed by atoms with Gasteiger partial charge in [-0.2, -0.15) is 10.5 Å². The average Bonchev–Trinajstić information content (AvgIpc) is 2.55. The van der Waals surface area contributed by atoms with Gasteiger partial charge >= 0.3 is 0 Å². The lowest BCUT2D eigenvalue weighted by Gasteiger charge is -2.07. The summed E-state index contributed by atoms with van der Waals surface area (Å²) in [5.74, 6) is 0.800. The Labute approximate surface area is 121 Å². The molecule has 0 bridgehead atoms. The van der Waals surface area contributed by atoms with Crippen LogP contribution in [0.15, 0.2) is 54.6 Å². The average molecular weight is 271 g/mol. The van der Waals surface area contributed by atoms with Gasteiger partial charge in [-0.3, -0.25) is 0 Å². The molecule has 4 nitrogen and oxygen atoms in total. The largest absolute Gasteiger partial charge is 0.438 e. The molecule has 0 radical (unpaired) electrons. The fraction of sp³-hybridized carbons (Fsp3) is 0. The van der Waals surface area contributed by atoms with Gasteiger partial charge < -0.3 is 4.74 Å². The number of para-hydroxylation sites is 1. The first-order valence-corrected chi connectivity index (χ1v) is 6.28. The molecule has 0 N–H and O–H groups in total. The van der Waals surface area contributed by atoms with Crippen molar-refractivity contribution < 1.29 is 4.74 Å². The predicted octanol–water partition coefficient (Wildman–Crippen LogP) is 3.77. The number of ether oxygens (including phenoxy) is 1. The zero-order valence-electron chi connectivity index (χ0n) is 10.9. The molecule has 0 spiro atoms. The fourth-order valence-electron chi connectivity index (χ4n) is 1.97. The second-order valence-electron chi connectivity index (χ2n) is 4.38. The lowest BCUT2D eigenvalue weighted by molar-refractivity contribution is 0.463. The number of hydrogen-bond acceptors (Lipinski definition) is 4. The molecule has 0 aliphatic rings. The van der Waals surface area contributed by atoms with E-state index in [4.69, 9.17) is 10.00 Å². The molecule has 98 valence electrons. The van der Waals surface area contributed by atoms with Crippen LogP contribution < -0.4 is 4.74 Å². The highest BCUT2D eigenvalue weighted by molar-refractivity contribution is 5.81. The Balaban J connectivity index is 2.02. The Morgan fingerprint density at radius 2 is 1.67 bits per heavy atom. The van der Waals surface area contributed by atoms with Crippen LogP contribution in [0.3, 0.4) is 0 Å². The van der Waals surface area contributed by atoms with Crippen LogP contribution in [-0.4, -0.2) is 4.98 Å². The molecule has 0 saturated carbocycles.